The molecule has 13 nitrogen and oxygen atoms in total. The number of aliphatic carboxylic acids is 3. The van der Waals surface area contributed by atoms with Gasteiger partial charge in [-0.25, -0.2) is 0 Å². The molecule has 0 rings (SSSR count). The van der Waals surface area contributed by atoms with Crippen LogP contribution < -0.4 is 28.7 Å². The number of carbonyl (C=O) groups excluding carboxylic acids is 1. The van der Waals surface area contributed by atoms with Gasteiger partial charge in [-0.15, -0.1) is 0 Å². The lowest BCUT2D eigenvalue weighted by Crippen LogP contribution is -2.39. The van der Waals surface area contributed by atoms with Gasteiger partial charge in [0.2, 0.25) is 5.91 Å². The second-order valence-corrected chi connectivity index (χ2v) is 5.45. The molecule has 0 aliphatic carbocycles. The molecule has 0 aromatic carbocycles. The van der Waals surface area contributed by atoms with Gasteiger partial charge in [0.15, 0.2) is 0 Å². The van der Waals surface area contributed by atoms with Crippen molar-refractivity contribution in [3.63, 3.8) is 0 Å². The number of hydrogen-bond donors (Lipinski definition) is 9. The predicted molar refractivity (Wildman–Crippen MR) is 95.2 cm³/mol. The third-order valence-electron chi connectivity index (χ3n) is 2.83. The molecule has 1 amide bonds. The van der Waals surface area contributed by atoms with Gasteiger partial charge in [-0.05, 0) is 26.3 Å². The van der Waals surface area contributed by atoms with Crippen molar-refractivity contribution >= 4 is 23.8 Å². The van der Waals surface area contributed by atoms with Crippen LogP contribution in [0.5, 0.6) is 0 Å². The molecule has 0 heterocycles. The summed E-state index contributed by atoms with van der Waals surface area (Å²) in [7, 11) is 0. The Hall–Kier alpha value is -2.32. The summed E-state index contributed by atoms with van der Waals surface area (Å²) in [5.74, 6) is -4.03. The van der Waals surface area contributed by atoms with Crippen molar-refractivity contribution in [3.8, 4) is 0 Å². The molecule has 0 aromatic rings. The smallest absolute Gasteiger partial charge is 0.323 e. The van der Waals surface area contributed by atoms with Gasteiger partial charge in [0, 0.05) is 0 Å². The highest BCUT2D eigenvalue weighted by Gasteiger charge is 2.16. The lowest BCUT2D eigenvalue weighted by atomic mass is 10.1. The van der Waals surface area contributed by atoms with Gasteiger partial charge in [0.1, 0.15) is 18.1 Å². The molecule has 0 spiro atoms. The molecule has 0 saturated heterocycles. The number of unbranched alkanes of at least 4 members (excludes halogenated alkanes) is 1. The van der Waals surface area contributed by atoms with E-state index in [0.717, 1.165) is 12.8 Å². The summed E-state index contributed by atoms with van der Waals surface area (Å²) in [4.78, 5) is 39.9. The lowest BCUT2D eigenvalue weighted by molar-refractivity contribution is -0.141. The molecule has 0 aromatic heterocycles. The average molecular weight is 397 g/mol. The molecule has 13 heteroatoms. The highest BCUT2D eigenvalue weighted by molar-refractivity contribution is 5.83. The van der Waals surface area contributed by atoms with Crippen LogP contribution in [0, 0.1) is 0 Å². The number of primary amides is 1. The van der Waals surface area contributed by atoms with Crippen molar-refractivity contribution < 1.29 is 39.6 Å². The van der Waals surface area contributed by atoms with Crippen LogP contribution in [0.2, 0.25) is 0 Å². The summed E-state index contributed by atoms with van der Waals surface area (Å²) < 4.78 is 0. The molecule has 0 aliphatic rings. The Morgan fingerprint density at radius 2 is 1.30 bits per heavy atom. The number of hydrogen-bond acceptors (Lipinski definition) is 9. The SMILES string of the molecule is C[C@@H](O)[C@H](N)C(=O)O.NC(=O)C[C@H](N)C(=O)O.NCCCC[C@H](N)C(=O)O. The minimum absolute atomic E-state index is 0.310. The summed E-state index contributed by atoms with van der Waals surface area (Å²) in [6.07, 6.45) is 0.875. The molecular formula is C14H31N5O8. The van der Waals surface area contributed by atoms with Crippen molar-refractivity contribution in [1.82, 2.24) is 0 Å². The molecule has 160 valence electrons. The number of carboxylic acid groups (broad SMARTS) is 3. The summed E-state index contributed by atoms with van der Waals surface area (Å²) >= 11 is 0. The lowest BCUT2D eigenvalue weighted by Gasteiger charge is -2.06. The van der Waals surface area contributed by atoms with E-state index >= 15 is 0 Å². The van der Waals surface area contributed by atoms with Gasteiger partial charge in [-0.1, -0.05) is 6.42 Å². The fourth-order valence-electron chi connectivity index (χ4n) is 1.14. The van der Waals surface area contributed by atoms with E-state index in [1.165, 1.54) is 6.92 Å². The van der Waals surface area contributed by atoms with Crippen molar-refractivity contribution in [1.29, 1.82) is 0 Å². The number of carboxylic acids is 3. The van der Waals surface area contributed by atoms with Crippen molar-refractivity contribution in [2.45, 2.75) is 56.8 Å². The monoisotopic (exact) mass is 397 g/mol. The number of carbonyl (C=O) groups is 4. The first kappa shape index (κ1) is 29.4. The summed E-state index contributed by atoms with van der Waals surface area (Å²) in [5, 5.41) is 33.0. The van der Waals surface area contributed by atoms with Crippen LogP contribution in [0.3, 0.4) is 0 Å². The predicted octanol–water partition coefficient (Wildman–Crippen LogP) is -3.42. The molecule has 27 heavy (non-hydrogen) atoms. The molecule has 14 N–H and O–H groups in total. The van der Waals surface area contributed by atoms with Crippen LogP contribution >= 0.6 is 0 Å². The summed E-state index contributed by atoms with van der Waals surface area (Å²) in [5.41, 5.74) is 24.9. The van der Waals surface area contributed by atoms with E-state index in [4.69, 9.17) is 43.4 Å². The van der Waals surface area contributed by atoms with Crippen molar-refractivity contribution in [2.75, 3.05) is 6.54 Å². The minimum atomic E-state index is -1.21. The van der Waals surface area contributed by atoms with Crippen LogP contribution in [-0.4, -0.2) is 75.0 Å². The zero-order chi connectivity index (χ0) is 22.2. The third-order valence-corrected chi connectivity index (χ3v) is 2.83. The zero-order valence-electron chi connectivity index (χ0n) is 15.2. The molecule has 0 saturated carbocycles. The molecule has 0 fully saturated rings. The Labute approximate surface area is 156 Å². The minimum Gasteiger partial charge on any atom is -0.480 e. The topological polar surface area (TPSA) is 279 Å². The van der Waals surface area contributed by atoms with Gasteiger partial charge < -0.3 is 49.1 Å². The second kappa shape index (κ2) is 17.1. The molecule has 0 aliphatic heterocycles. The maximum absolute atomic E-state index is 10.1. The van der Waals surface area contributed by atoms with Crippen molar-refractivity contribution in [3.05, 3.63) is 0 Å². The fraction of sp³-hybridized carbons (Fsp3) is 0.714. The highest BCUT2D eigenvalue weighted by atomic mass is 16.4. The van der Waals surface area contributed by atoms with E-state index in [9.17, 15) is 19.2 Å². The van der Waals surface area contributed by atoms with Crippen LogP contribution in [-0.2, 0) is 19.2 Å². The van der Waals surface area contributed by atoms with Crippen LogP contribution in [0.25, 0.3) is 0 Å². The van der Waals surface area contributed by atoms with E-state index in [1.54, 1.807) is 0 Å². The molecule has 4 atom stereocenters. The van der Waals surface area contributed by atoms with Gasteiger partial charge in [0.25, 0.3) is 0 Å². The first-order valence-corrected chi connectivity index (χ1v) is 7.89. The third kappa shape index (κ3) is 21.6. The van der Waals surface area contributed by atoms with Gasteiger partial charge >= 0.3 is 17.9 Å². The van der Waals surface area contributed by atoms with E-state index < -0.39 is 48.0 Å². The largest absolute Gasteiger partial charge is 0.480 e. The van der Waals surface area contributed by atoms with E-state index in [1.807, 2.05) is 0 Å². The van der Waals surface area contributed by atoms with E-state index in [-0.39, 0.29) is 6.42 Å². The first-order valence-electron chi connectivity index (χ1n) is 7.89. The highest BCUT2D eigenvalue weighted by Crippen LogP contribution is 1.97. The molecule has 0 radical (unpaired) electrons. The zero-order valence-corrected chi connectivity index (χ0v) is 15.2. The normalized spacial score (nSPS) is 14.1. The molecule has 0 unspecified atom stereocenters. The Kier molecular flexibility index (Phi) is 18.7. The summed E-state index contributed by atoms with van der Waals surface area (Å²) in [6, 6.07) is -3.04. The fourth-order valence-corrected chi connectivity index (χ4v) is 1.14. The number of nitrogens with two attached hydrogens (primary N) is 5. The average Bonchev–Trinajstić information content (AvgIpc) is 2.54. The Bertz CT molecular complexity index is 461. The number of aliphatic hydroxyl groups excluding tert-OH is 1. The Morgan fingerprint density at radius 3 is 1.48 bits per heavy atom. The van der Waals surface area contributed by atoms with Crippen LogP contribution in [0.1, 0.15) is 32.6 Å². The number of aliphatic hydroxyl groups is 1. The van der Waals surface area contributed by atoms with E-state index in [0.29, 0.717) is 13.0 Å². The first-order chi connectivity index (χ1) is 12.3. The quantitative estimate of drug-likeness (QED) is 0.163. The second-order valence-electron chi connectivity index (χ2n) is 5.45. The summed E-state index contributed by atoms with van der Waals surface area (Å²) in [6.45, 7) is 1.94. The number of amides is 1. The molecule has 0 bridgehead atoms. The van der Waals surface area contributed by atoms with Gasteiger partial charge in [-0.3, -0.25) is 19.2 Å². The maximum atomic E-state index is 10.1. The van der Waals surface area contributed by atoms with Crippen molar-refractivity contribution in [2.24, 2.45) is 28.7 Å². The van der Waals surface area contributed by atoms with Gasteiger partial charge in [-0.2, -0.15) is 0 Å². The molecular weight excluding hydrogens is 366 g/mol. The maximum Gasteiger partial charge on any atom is 0.323 e. The Balaban J connectivity index is -0.000000322. The van der Waals surface area contributed by atoms with E-state index in [2.05, 4.69) is 5.73 Å². The Morgan fingerprint density at radius 1 is 0.852 bits per heavy atom. The number of rotatable bonds is 10. The van der Waals surface area contributed by atoms with Gasteiger partial charge in [0.05, 0.1) is 12.5 Å². The van der Waals surface area contributed by atoms with Crippen LogP contribution in [0.4, 0.5) is 0 Å². The van der Waals surface area contributed by atoms with Crippen LogP contribution in [0.15, 0.2) is 0 Å². The standard InChI is InChI=1S/C6H14N2O2.C4H8N2O3.C4H9NO3/c7-4-2-1-3-5(8)6(9)10;5-2(4(8)9)1-3(6)7;1-2(6)3(5)4(7)8/h5H,1-4,7-8H2,(H,9,10);2H,1,5H2,(H2,6,7)(H,8,9);2-3,6H,5H2,1H3,(H,7,8)/t5-;2-;2-,3+/m001/s1.